The van der Waals surface area contributed by atoms with Gasteiger partial charge in [-0.05, 0) is 42.2 Å². The summed E-state index contributed by atoms with van der Waals surface area (Å²) in [6.07, 6.45) is 1.97. The number of benzene rings is 2. The molecular formula is C20H23FN4O. The Labute approximate surface area is 152 Å². The first kappa shape index (κ1) is 17.9. The van der Waals surface area contributed by atoms with Gasteiger partial charge in [-0.25, -0.2) is 4.39 Å². The van der Waals surface area contributed by atoms with E-state index in [4.69, 9.17) is 0 Å². The monoisotopic (exact) mass is 354 g/mol. The third kappa shape index (κ3) is 4.39. The van der Waals surface area contributed by atoms with Crippen molar-refractivity contribution in [3.8, 4) is 0 Å². The minimum atomic E-state index is -0.272. The molecular weight excluding hydrogens is 331 g/mol. The normalized spacial score (nSPS) is 13.9. The van der Waals surface area contributed by atoms with E-state index in [1.165, 1.54) is 17.7 Å². The van der Waals surface area contributed by atoms with E-state index in [1.54, 1.807) is 13.1 Å². The number of nitrogens with one attached hydrogen (secondary N) is 2. The summed E-state index contributed by atoms with van der Waals surface area (Å²) in [7, 11) is 1.64. The molecule has 0 atom stereocenters. The number of halogens is 1. The van der Waals surface area contributed by atoms with Crippen molar-refractivity contribution in [1.82, 2.24) is 10.6 Å². The van der Waals surface area contributed by atoms with Crippen LogP contribution < -0.4 is 15.5 Å². The highest BCUT2D eigenvalue weighted by molar-refractivity contribution is 5.98. The Kier molecular flexibility index (Phi) is 5.84. The number of amides is 1. The number of para-hydroxylation sites is 1. The molecule has 136 valence electrons. The summed E-state index contributed by atoms with van der Waals surface area (Å²) in [6, 6.07) is 14.4. The van der Waals surface area contributed by atoms with Crippen molar-refractivity contribution in [1.29, 1.82) is 0 Å². The molecule has 5 nitrogen and oxygen atoms in total. The second-order valence-corrected chi connectivity index (χ2v) is 6.19. The van der Waals surface area contributed by atoms with Gasteiger partial charge < -0.3 is 15.5 Å². The highest BCUT2D eigenvalue weighted by Crippen LogP contribution is 2.26. The summed E-state index contributed by atoms with van der Waals surface area (Å²) >= 11 is 0. The van der Waals surface area contributed by atoms with Crippen LogP contribution in [0.4, 0.5) is 10.1 Å². The summed E-state index contributed by atoms with van der Waals surface area (Å²) in [5.41, 5.74) is 3.01. The number of guanidine groups is 1. The number of carbonyl (C=O) groups excluding carboxylic acids is 1. The first-order valence-corrected chi connectivity index (χ1v) is 8.74. The highest BCUT2D eigenvalue weighted by atomic mass is 19.1. The Hall–Kier alpha value is -2.89. The van der Waals surface area contributed by atoms with Crippen LogP contribution in [0.1, 0.15) is 17.5 Å². The molecule has 0 bridgehead atoms. The fourth-order valence-electron chi connectivity index (χ4n) is 3.10. The summed E-state index contributed by atoms with van der Waals surface area (Å²) < 4.78 is 13.2. The average Bonchev–Trinajstić information content (AvgIpc) is 2.67. The zero-order chi connectivity index (χ0) is 18.4. The third-order valence-electron chi connectivity index (χ3n) is 4.39. The van der Waals surface area contributed by atoms with E-state index in [0.29, 0.717) is 12.5 Å². The minimum absolute atomic E-state index is 0.00542. The molecule has 0 radical (unpaired) electrons. The van der Waals surface area contributed by atoms with E-state index in [-0.39, 0.29) is 18.3 Å². The van der Waals surface area contributed by atoms with Gasteiger partial charge in [-0.1, -0.05) is 30.3 Å². The molecule has 2 aromatic carbocycles. The molecule has 0 saturated heterocycles. The van der Waals surface area contributed by atoms with E-state index in [1.807, 2.05) is 29.2 Å². The molecule has 1 aliphatic rings. The molecule has 0 aromatic heterocycles. The SMILES string of the molecule is CN=C(NCC(=O)N1CCCc2ccccc21)NCc1cccc(F)c1. The van der Waals surface area contributed by atoms with Crippen LogP contribution in [-0.4, -0.2) is 32.0 Å². The molecule has 1 aliphatic heterocycles. The second kappa shape index (κ2) is 8.47. The number of hydrogen-bond acceptors (Lipinski definition) is 2. The summed E-state index contributed by atoms with van der Waals surface area (Å²) in [5.74, 6) is 0.241. The van der Waals surface area contributed by atoms with E-state index in [0.717, 1.165) is 30.6 Å². The van der Waals surface area contributed by atoms with Gasteiger partial charge in [0.25, 0.3) is 0 Å². The van der Waals surface area contributed by atoms with Crippen molar-refractivity contribution < 1.29 is 9.18 Å². The van der Waals surface area contributed by atoms with Crippen LogP contribution >= 0.6 is 0 Å². The fraction of sp³-hybridized carbons (Fsp3) is 0.300. The van der Waals surface area contributed by atoms with E-state index < -0.39 is 0 Å². The zero-order valence-corrected chi connectivity index (χ0v) is 14.8. The molecule has 26 heavy (non-hydrogen) atoms. The molecule has 1 amide bonds. The number of rotatable bonds is 4. The van der Waals surface area contributed by atoms with E-state index in [9.17, 15) is 9.18 Å². The first-order valence-electron chi connectivity index (χ1n) is 8.74. The lowest BCUT2D eigenvalue weighted by molar-refractivity contribution is -0.117. The standard InChI is InChI=1S/C20H23FN4O/c1-22-20(23-13-15-6-4-9-17(21)12-15)24-14-19(26)25-11-5-8-16-7-2-3-10-18(16)25/h2-4,6-7,9-10,12H,5,8,11,13-14H2,1H3,(H2,22,23,24). The van der Waals surface area contributed by atoms with Gasteiger partial charge in [0.15, 0.2) is 5.96 Å². The third-order valence-corrected chi connectivity index (χ3v) is 4.39. The molecule has 2 aromatic rings. The lowest BCUT2D eigenvalue weighted by Crippen LogP contribution is -2.45. The van der Waals surface area contributed by atoms with Gasteiger partial charge in [0.05, 0.1) is 6.54 Å². The van der Waals surface area contributed by atoms with Crippen molar-refractivity contribution in [2.75, 3.05) is 25.0 Å². The van der Waals surface area contributed by atoms with Crippen molar-refractivity contribution >= 4 is 17.6 Å². The second-order valence-electron chi connectivity index (χ2n) is 6.19. The minimum Gasteiger partial charge on any atom is -0.352 e. The largest absolute Gasteiger partial charge is 0.352 e. The quantitative estimate of drug-likeness (QED) is 0.655. The van der Waals surface area contributed by atoms with Crippen LogP contribution in [-0.2, 0) is 17.8 Å². The predicted molar refractivity (Wildman–Crippen MR) is 102 cm³/mol. The molecule has 0 saturated carbocycles. The molecule has 2 N–H and O–H groups in total. The van der Waals surface area contributed by atoms with Gasteiger partial charge in [-0.15, -0.1) is 0 Å². The fourth-order valence-corrected chi connectivity index (χ4v) is 3.10. The number of aryl methyl sites for hydroxylation is 1. The molecule has 0 spiro atoms. The van der Waals surface area contributed by atoms with Gasteiger partial charge in [0, 0.05) is 25.8 Å². The molecule has 0 unspecified atom stereocenters. The molecule has 6 heteroatoms. The van der Waals surface area contributed by atoms with Gasteiger partial charge in [0.1, 0.15) is 5.82 Å². The summed E-state index contributed by atoms with van der Waals surface area (Å²) in [4.78, 5) is 18.6. The van der Waals surface area contributed by atoms with Crippen molar-refractivity contribution in [2.24, 2.45) is 4.99 Å². The number of hydrogen-bond donors (Lipinski definition) is 2. The lowest BCUT2D eigenvalue weighted by Gasteiger charge is -2.29. The molecule has 0 fully saturated rings. The number of carbonyl (C=O) groups is 1. The maximum atomic E-state index is 13.2. The van der Waals surface area contributed by atoms with Crippen LogP contribution in [0.15, 0.2) is 53.5 Å². The van der Waals surface area contributed by atoms with Gasteiger partial charge in [0.2, 0.25) is 5.91 Å². The summed E-state index contributed by atoms with van der Waals surface area (Å²) in [5, 5.41) is 6.13. The van der Waals surface area contributed by atoms with Crippen LogP contribution in [0.5, 0.6) is 0 Å². The highest BCUT2D eigenvalue weighted by Gasteiger charge is 2.21. The van der Waals surface area contributed by atoms with Gasteiger partial charge in [-0.2, -0.15) is 0 Å². The van der Waals surface area contributed by atoms with E-state index in [2.05, 4.69) is 21.7 Å². The van der Waals surface area contributed by atoms with Crippen LogP contribution in [0.25, 0.3) is 0 Å². The number of nitrogens with zero attached hydrogens (tertiary/aromatic N) is 2. The molecule has 1 heterocycles. The number of anilines is 1. The maximum Gasteiger partial charge on any atom is 0.246 e. The average molecular weight is 354 g/mol. The predicted octanol–water partition coefficient (Wildman–Crippen LogP) is 2.47. The molecule has 3 rings (SSSR count). The van der Waals surface area contributed by atoms with Gasteiger partial charge >= 0.3 is 0 Å². The smallest absolute Gasteiger partial charge is 0.246 e. The Morgan fingerprint density at radius 1 is 1.19 bits per heavy atom. The summed E-state index contributed by atoms with van der Waals surface area (Å²) in [6.45, 7) is 1.31. The van der Waals surface area contributed by atoms with Crippen molar-refractivity contribution in [2.45, 2.75) is 19.4 Å². The topological polar surface area (TPSA) is 56.7 Å². The van der Waals surface area contributed by atoms with Crippen molar-refractivity contribution in [3.05, 3.63) is 65.5 Å². The molecule has 0 aliphatic carbocycles. The van der Waals surface area contributed by atoms with Crippen LogP contribution in [0.2, 0.25) is 0 Å². The Morgan fingerprint density at radius 2 is 2.04 bits per heavy atom. The van der Waals surface area contributed by atoms with Crippen molar-refractivity contribution in [3.63, 3.8) is 0 Å². The first-order chi connectivity index (χ1) is 12.7. The Balaban J connectivity index is 1.55. The number of aliphatic imine (C=N–C) groups is 1. The Bertz CT molecular complexity index is 806. The Morgan fingerprint density at radius 3 is 2.85 bits per heavy atom. The maximum absolute atomic E-state index is 13.2. The number of fused-ring (bicyclic) bond motifs is 1. The van der Waals surface area contributed by atoms with Gasteiger partial charge in [-0.3, -0.25) is 9.79 Å². The van der Waals surface area contributed by atoms with Crippen LogP contribution in [0, 0.1) is 5.82 Å². The van der Waals surface area contributed by atoms with E-state index >= 15 is 0 Å². The lowest BCUT2D eigenvalue weighted by atomic mass is 10.0. The zero-order valence-electron chi connectivity index (χ0n) is 14.8. The van der Waals surface area contributed by atoms with Crippen LogP contribution in [0.3, 0.4) is 0 Å².